The highest BCUT2D eigenvalue weighted by atomic mass is 32.1. The van der Waals surface area contributed by atoms with Gasteiger partial charge in [0, 0.05) is 12.5 Å². The van der Waals surface area contributed by atoms with Gasteiger partial charge in [0.2, 0.25) is 5.13 Å². The first-order valence-electron chi connectivity index (χ1n) is 4.17. The molecule has 0 unspecified atom stereocenters. The van der Waals surface area contributed by atoms with Gasteiger partial charge in [0.1, 0.15) is 16.6 Å². The van der Waals surface area contributed by atoms with Gasteiger partial charge in [-0.2, -0.15) is 0 Å². The number of nitrogens with two attached hydrogens (primary N) is 1. The first-order valence-corrected chi connectivity index (χ1v) is 4.98. The highest BCUT2D eigenvalue weighted by molar-refractivity contribution is 7.15. The van der Waals surface area contributed by atoms with Gasteiger partial charge in [0.25, 0.3) is 0 Å². The van der Waals surface area contributed by atoms with Crippen molar-refractivity contribution in [2.24, 2.45) is 0 Å². The molecular formula is C9H7F2N3S. The largest absolute Gasteiger partial charge is 0.374 e. The summed E-state index contributed by atoms with van der Waals surface area (Å²) >= 11 is 1.19. The molecule has 1 aromatic heterocycles. The Hall–Kier alpha value is -1.56. The Morgan fingerprint density at radius 3 is 2.67 bits per heavy atom. The number of rotatable bonds is 2. The second-order valence-electron chi connectivity index (χ2n) is 2.95. The highest BCUT2D eigenvalue weighted by Gasteiger charge is 2.07. The first kappa shape index (κ1) is 9.97. The number of hydrogen-bond donors (Lipinski definition) is 1. The average Bonchev–Trinajstić information content (AvgIpc) is 2.56. The van der Waals surface area contributed by atoms with Gasteiger partial charge in [-0.3, -0.25) is 0 Å². The topological polar surface area (TPSA) is 51.8 Å². The summed E-state index contributed by atoms with van der Waals surface area (Å²) in [5.41, 5.74) is 5.77. The second-order valence-corrected chi connectivity index (χ2v) is 4.04. The van der Waals surface area contributed by atoms with E-state index in [1.54, 1.807) is 0 Å². The molecule has 0 aliphatic rings. The van der Waals surface area contributed by atoms with Crippen LogP contribution in [0.2, 0.25) is 0 Å². The fourth-order valence-corrected chi connectivity index (χ4v) is 1.80. The van der Waals surface area contributed by atoms with Crippen LogP contribution in [0.4, 0.5) is 13.9 Å². The molecule has 0 aliphatic carbocycles. The van der Waals surface area contributed by atoms with Crippen LogP contribution >= 0.6 is 11.3 Å². The van der Waals surface area contributed by atoms with E-state index >= 15 is 0 Å². The van der Waals surface area contributed by atoms with Crippen LogP contribution < -0.4 is 5.73 Å². The van der Waals surface area contributed by atoms with E-state index in [0.717, 1.165) is 6.07 Å². The lowest BCUT2D eigenvalue weighted by molar-refractivity contribution is 0.574. The second kappa shape index (κ2) is 3.90. The normalized spacial score (nSPS) is 10.5. The zero-order valence-electron chi connectivity index (χ0n) is 7.58. The fraction of sp³-hybridized carbons (Fsp3) is 0.111. The Balaban J connectivity index is 2.24. The lowest BCUT2D eigenvalue weighted by Gasteiger charge is -1.99. The van der Waals surface area contributed by atoms with Crippen molar-refractivity contribution in [3.63, 3.8) is 0 Å². The van der Waals surface area contributed by atoms with Crippen LogP contribution in [0.5, 0.6) is 0 Å². The first-order chi connectivity index (χ1) is 7.15. The standard InChI is InChI=1S/C9H7F2N3S/c10-6-2-1-5(7(11)4-6)3-8-13-14-9(12)15-8/h1-2,4H,3H2,(H2,12,14). The number of nitrogen functional groups attached to an aromatic ring is 1. The maximum atomic E-state index is 13.2. The van der Waals surface area contributed by atoms with E-state index < -0.39 is 11.6 Å². The molecule has 2 aromatic rings. The van der Waals surface area contributed by atoms with Crippen LogP contribution in [0.3, 0.4) is 0 Å². The summed E-state index contributed by atoms with van der Waals surface area (Å²) < 4.78 is 25.8. The minimum absolute atomic E-state index is 0.279. The van der Waals surface area contributed by atoms with Gasteiger partial charge in [-0.15, -0.1) is 10.2 Å². The molecule has 78 valence electrons. The monoisotopic (exact) mass is 227 g/mol. The molecule has 0 saturated carbocycles. The molecule has 0 bridgehead atoms. The Morgan fingerprint density at radius 1 is 1.27 bits per heavy atom. The molecule has 0 atom stereocenters. The molecule has 0 fully saturated rings. The third-order valence-corrected chi connectivity index (χ3v) is 2.59. The van der Waals surface area contributed by atoms with Crippen molar-refractivity contribution in [3.8, 4) is 0 Å². The van der Waals surface area contributed by atoms with Gasteiger partial charge in [0.05, 0.1) is 0 Å². The Morgan fingerprint density at radius 2 is 2.07 bits per heavy atom. The minimum Gasteiger partial charge on any atom is -0.374 e. The summed E-state index contributed by atoms with van der Waals surface area (Å²) in [6, 6.07) is 3.45. The van der Waals surface area contributed by atoms with Crippen molar-refractivity contribution in [2.75, 3.05) is 5.73 Å². The van der Waals surface area contributed by atoms with Crippen LogP contribution in [0, 0.1) is 11.6 Å². The van der Waals surface area contributed by atoms with Crippen molar-refractivity contribution in [1.29, 1.82) is 0 Å². The Bertz CT molecular complexity index is 484. The number of hydrogen-bond acceptors (Lipinski definition) is 4. The average molecular weight is 227 g/mol. The van der Waals surface area contributed by atoms with Crippen molar-refractivity contribution >= 4 is 16.5 Å². The summed E-state index contributed by atoms with van der Waals surface area (Å²) in [5.74, 6) is -1.17. The van der Waals surface area contributed by atoms with Gasteiger partial charge in [-0.1, -0.05) is 17.4 Å². The molecule has 0 saturated heterocycles. The SMILES string of the molecule is Nc1nnc(Cc2ccc(F)cc2F)s1. The van der Waals surface area contributed by atoms with E-state index in [-0.39, 0.29) is 6.42 Å². The van der Waals surface area contributed by atoms with Crippen LogP contribution in [0.25, 0.3) is 0 Å². The van der Waals surface area contributed by atoms with Crippen LogP contribution in [-0.4, -0.2) is 10.2 Å². The molecular weight excluding hydrogens is 220 g/mol. The predicted molar refractivity (Wildman–Crippen MR) is 53.5 cm³/mol. The molecule has 0 spiro atoms. The van der Waals surface area contributed by atoms with E-state index in [1.165, 1.54) is 23.5 Å². The van der Waals surface area contributed by atoms with Crippen molar-refractivity contribution < 1.29 is 8.78 Å². The van der Waals surface area contributed by atoms with Crippen molar-refractivity contribution in [1.82, 2.24) is 10.2 Å². The molecule has 0 radical (unpaired) electrons. The maximum absolute atomic E-state index is 13.2. The molecule has 2 rings (SSSR count). The zero-order chi connectivity index (χ0) is 10.8. The Kier molecular flexibility index (Phi) is 2.59. The lowest BCUT2D eigenvalue weighted by atomic mass is 10.1. The molecule has 0 amide bonds. The van der Waals surface area contributed by atoms with E-state index in [4.69, 9.17) is 5.73 Å². The molecule has 1 aromatic carbocycles. The molecule has 0 aliphatic heterocycles. The van der Waals surface area contributed by atoms with Gasteiger partial charge in [-0.05, 0) is 11.6 Å². The number of anilines is 1. The number of benzene rings is 1. The quantitative estimate of drug-likeness (QED) is 0.853. The summed E-state index contributed by atoms with van der Waals surface area (Å²) in [6.45, 7) is 0. The number of aromatic nitrogens is 2. The van der Waals surface area contributed by atoms with Crippen molar-refractivity contribution in [2.45, 2.75) is 6.42 Å². The zero-order valence-corrected chi connectivity index (χ0v) is 8.39. The highest BCUT2D eigenvalue weighted by Crippen LogP contribution is 2.18. The van der Waals surface area contributed by atoms with E-state index in [9.17, 15) is 8.78 Å². The van der Waals surface area contributed by atoms with Gasteiger partial charge >= 0.3 is 0 Å². The van der Waals surface area contributed by atoms with Crippen LogP contribution in [0.15, 0.2) is 18.2 Å². The van der Waals surface area contributed by atoms with E-state index in [2.05, 4.69) is 10.2 Å². The third-order valence-electron chi connectivity index (χ3n) is 1.84. The van der Waals surface area contributed by atoms with Gasteiger partial charge < -0.3 is 5.73 Å². The van der Waals surface area contributed by atoms with Crippen LogP contribution in [-0.2, 0) is 6.42 Å². The fourth-order valence-electron chi connectivity index (χ4n) is 1.17. The van der Waals surface area contributed by atoms with Gasteiger partial charge in [-0.25, -0.2) is 8.78 Å². The Labute approximate surface area is 88.6 Å². The van der Waals surface area contributed by atoms with E-state index in [1.807, 2.05) is 0 Å². The third kappa shape index (κ3) is 2.27. The summed E-state index contributed by atoms with van der Waals surface area (Å²) in [7, 11) is 0. The lowest BCUT2D eigenvalue weighted by Crippen LogP contribution is -1.93. The molecule has 6 heteroatoms. The predicted octanol–water partition coefficient (Wildman–Crippen LogP) is 1.99. The smallest absolute Gasteiger partial charge is 0.203 e. The van der Waals surface area contributed by atoms with Crippen LogP contribution in [0.1, 0.15) is 10.6 Å². The summed E-state index contributed by atoms with van der Waals surface area (Å²) in [6.07, 6.45) is 0.279. The molecule has 3 nitrogen and oxygen atoms in total. The summed E-state index contributed by atoms with van der Waals surface area (Å²) in [4.78, 5) is 0. The molecule has 2 N–H and O–H groups in total. The maximum Gasteiger partial charge on any atom is 0.203 e. The molecule has 15 heavy (non-hydrogen) atoms. The van der Waals surface area contributed by atoms with Crippen molar-refractivity contribution in [3.05, 3.63) is 40.4 Å². The van der Waals surface area contributed by atoms with E-state index in [0.29, 0.717) is 15.7 Å². The number of halogens is 2. The minimum atomic E-state index is -0.590. The van der Waals surface area contributed by atoms with Gasteiger partial charge in [0.15, 0.2) is 0 Å². The molecule has 1 heterocycles. The summed E-state index contributed by atoms with van der Waals surface area (Å²) in [5, 5.41) is 8.32. The number of nitrogens with zero attached hydrogens (tertiary/aromatic N) is 2.